The van der Waals surface area contributed by atoms with Crippen LogP contribution in [0.5, 0.6) is 23.0 Å². The molecule has 9 nitrogen and oxygen atoms in total. The fourth-order valence-corrected chi connectivity index (χ4v) is 3.03. The largest absolute Gasteiger partial charge is 0.508 e. The first-order valence-electron chi connectivity index (χ1n) is 18.6. The molecular formula is C46H72O9. The molecule has 9 heteroatoms. The van der Waals surface area contributed by atoms with Crippen LogP contribution in [0.15, 0.2) is 132 Å². The second kappa shape index (κ2) is 48.7. The van der Waals surface area contributed by atoms with Gasteiger partial charge in [-0.2, -0.15) is 0 Å². The molecule has 0 heterocycles. The standard InChI is InChI=1S/C9H16O4.C8H8O2.3C7H8O.4C2H6/c1-7(2)8(5-11-3)6-13-9(10)12-4;1-7(9)10-8-5-3-2-4-6-8;3*1-8-7-5-3-2-4-6-7;4*1-2/h5-6H2,1-4H3;2-6H,1H3;3*2-6H,1H3;4*1-2H3. The Balaban J connectivity index is -0.000000182. The number of allylic oxidation sites excluding steroid dienone is 1. The van der Waals surface area contributed by atoms with Crippen molar-refractivity contribution in [1.82, 2.24) is 0 Å². The number of esters is 1. The van der Waals surface area contributed by atoms with Crippen molar-refractivity contribution in [3.8, 4) is 23.0 Å². The van der Waals surface area contributed by atoms with Gasteiger partial charge in [-0.15, -0.1) is 0 Å². The minimum atomic E-state index is -0.671. The van der Waals surface area contributed by atoms with Gasteiger partial charge in [-0.1, -0.05) is 134 Å². The third-order valence-corrected chi connectivity index (χ3v) is 5.50. The van der Waals surface area contributed by atoms with Crippen molar-refractivity contribution in [2.75, 3.05) is 48.8 Å². The third kappa shape index (κ3) is 41.3. The van der Waals surface area contributed by atoms with Crippen LogP contribution in [0.4, 0.5) is 4.79 Å². The number of hydrogen-bond acceptors (Lipinski definition) is 9. The van der Waals surface area contributed by atoms with Gasteiger partial charge in [0.2, 0.25) is 0 Å². The summed E-state index contributed by atoms with van der Waals surface area (Å²) in [5.41, 5.74) is 2.04. The van der Waals surface area contributed by atoms with Gasteiger partial charge in [0.25, 0.3) is 0 Å². The van der Waals surface area contributed by atoms with Crippen LogP contribution in [0, 0.1) is 0 Å². The van der Waals surface area contributed by atoms with E-state index in [4.69, 9.17) is 28.4 Å². The highest BCUT2D eigenvalue weighted by molar-refractivity contribution is 5.69. The Bertz CT molecular complexity index is 1250. The molecule has 0 aliphatic carbocycles. The summed E-state index contributed by atoms with van der Waals surface area (Å²) in [5.74, 6) is 3.04. The van der Waals surface area contributed by atoms with Gasteiger partial charge in [-0.3, -0.25) is 4.79 Å². The molecule has 4 aromatic carbocycles. The third-order valence-electron chi connectivity index (χ3n) is 5.50. The SMILES string of the molecule is CC.CC.CC.CC.CC(=O)Oc1ccccc1.COCC(COC(=O)OC)=C(C)C.COc1ccccc1.COc1ccccc1.COc1ccccc1. The van der Waals surface area contributed by atoms with E-state index < -0.39 is 6.16 Å². The lowest BCUT2D eigenvalue weighted by molar-refractivity contribution is -0.131. The first-order chi connectivity index (χ1) is 26.7. The molecule has 0 radical (unpaired) electrons. The zero-order valence-corrected chi connectivity index (χ0v) is 36.6. The Morgan fingerprint density at radius 3 is 0.927 bits per heavy atom. The summed E-state index contributed by atoms with van der Waals surface area (Å²) in [7, 11) is 7.86. The Morgan fingerprint density at radius 2 is 0.727 bits per heavy atom. The van der Waals surface area contributed by atoms with Gasteiger partial charge in [0.05, 0.1) is 35.0 Å². The molecule has 0 aliphatic heterocycles. The van der Waals surface area contributed by atoms with Crippen molar-refractivity contribution < 1.29 is 42.7 Å². The second-order valence-electron chi connectivity index (χ2n) is 9.24. The molecule has 0 saturated carbocycles. The highest BCUT2D eigenvalue weighted by Crippen LogP contribution is 2.09. The topological polar surface area (TPSA) is 98.8 Å². The summed E-state index contributed by atoms with van der Waals surface area (Å²) in [6.45, 7) is 22.0. The number of methoxy groups -OCH3 is 5. The van der Waals surface area contributed by atoms with Gasteiger partial charge in [0.15, 0.2) is 0 Å². The summed E-state index contributed by atoms with van der Waals surface area (Å²) in [4.78, 5) is 21.0. The molecule has 0 amide bonds. The van der Waals surface area contributed by atoms with Gasteiger partial charge >= 0.3 is 12.1 Å². The van der Waals surface area contributed by atoms with E-state index in [0.29, 0.717) is 12.4 Å². The van der Waals surface area contributed by atoms with Crippen molar-refractivity contribution in [2.24, 2.45) is 0 Å². The Kier molecular flexibility index (Phi) is 52.3. The Morgan fingerprint density at radius 1 is 0.436 bits per heavy atom. The molecule has 0 bridgehead atoms. The normalized spacial score (nSPS) is 8.00. The number of rotatable bonds is 8. The molecule has 0 aliphatic rings. The van der Waals surface area contributed by atoms with Crippen molar-refractivity contribution in [3.05, 3.63) is 132 Å². The number of hydrogen-bond donors (Lipinski definition) is 0. The van der Waals surface area contributed by atoms with E-state index in [2.05, 4.69) is 4.74 Å². The second-order valence-corrected chi connectivity index (χ2v) is 9.24. The molecule has 0 unspecified atom stereocenters. The van der Waals surface area contributed by atoms with E-state index >= 15 is 0 Å². The molecule has 0 N–H and O–H groups in total. The fourth-order valence-electron chi connectivity index (χ4n) is 3.03. The van der Waals surface area contributed by atoms with Crippen LogP contribution in [-0.2, 0) is 19.0 Å². The molecular weight excluding hydrogens is 696 g/mol. The highest BCUT2D eigenvalue weighted by Gasteiger charge is 2.05. The summed E-state index contributed by atoms with van der Waals surface area (Å²) in [6.07, 6.45) is -0.671. The minimum absolute atomic E-state index is 0.225. The quantitative estimate of drug-likeness (QED) is 0.0985. The van der Waals surface area contributed by atoms with E-state index in [1.54, 1.807) is 40.6 Å². The van der Waals surface area contributed by atoms with E-state index in [-0.39, 0.29) is 12.6 Å². The molecule has 310 valence electrons. The maximum absolute atomic E-state index is 10.6. The van der Waals surface area contributed by atoms with Gasteiger partial charge < -0.3 is 33.2 Å². The molecule has 0 saturated heterocycles. The van der Waals surface area contributed by atoms with E-state index in [9.17, 15) is 9.59 Å². The van der Waals surface area contributed by atoms with Crippen molar-refractivity contribution in [1.29, 1.82) is 0 Å². The van der Waals surface area contributed by atoms with E-state index in [1.165, 1.54) is 14.0 Å². The van der Waals surface area contributed by atoms with Crippen LogP contribution in [0.2, 0.25) is 0 Å². The molecule has 4 rings (SSSR count). The molecule has 55 heavy (non-hydrogen) atoms. The van der Waals surface area contributed by atoms with Crippen molar-refractivity contribution >= 4 is 12.1 Å². The fraction of sp³-hybridized carbons (Fsp3) is 0.391. The van der Waals surface area contributed by atoms with Crippen LogP contribution in [0.1, 0.15) is 76.2 Å². The minimum Gasteiger partial charge on any atom is -0.497 e. The predicted molar refractivity (Wildman–Crippen MR) is 231 cm³/mol. The van der Waals surface area contributed by atoms with Crippen molar-refractivity contribution in [3.63, 3.8) is 0 Å². The van der Waals surface area contributed by atoms with E-state index in [1.807, 2.05) is 178 Å². The number of ether oxygens (including phenoxy) is 7. The van der Waals surface area contributed by atoms with Crippen LogP contribution >= 0.6 is 0 Å². The zero-order valence-electron chi connectivity index (χ0n) is 36.6. The maximum Gasteiger partial charge on any atom is 0.508 e. The van der Waals surface area contributed by atoms with Crippen molar-refractivity contribution in [2.45, 2.75) is 76.2 Å². The Hall–Kier alpha value is -5.28. The lowest BCUT2D eigenvalue weighted by atomic mass is 10.2. The summed E-state index contributed by atoms with van der Waals surface area (Å²) >= 11 is 0. The van der Waals surface area contributed by atoms with Crippen LogP contribution < -0.4 is 18.9 Å². The Labute approximate surface area is 334 Å². The van der Waals surface area contributed by atoms with Crippen LogP contribution in [-0.4, -0.2) is 60.9 Å². The first kappa shape index (κ1) is 59.0. The number of benzene rings is 4. The van der Waals surface area contributed by atoms with E-state index in [0.717, 1.165) is 28.4 Å². The highest BCUT2D eigenvalue weighted by atomic mass is 16.7. The lowest BCUT2D eigenvalue weighted by Crippen LogP contribution is -2.11. The molecule has 0 aromatic heterocycles. The maximum atomic E-state index is 10.6. The predicted octanol–water partition coefficient (Wildman–Crippen LogP) is 12.6. The zero-order chi connectivity index (χ0) is 43.1. The summed E-state index contributed by atoms with van der Waals surface area (Å²) in [6, 6.07) is 38.0. The monoisotopic (exact) mass is 769 g/mol. The van der Waals surface area contributed by atoms with Gasteiger partial charge in [0.1, 0.15) is 29.6 Å². The first-order valence-corrected chi connectivity index (χ1v) is 18.6. The number of carbonyl (C=O) groups is 2. The van der Waals surface area contributed by atoms with Crippen LogP contribution in [0.3, 0.4) is 0 Å². The van der Waals surface area contributed by atoms with Gasteiger partial charge in [0, 0.05) is 14.0 Å². The lowest BCUT2D eigenvalue weighted by Gasteiger charge is -2.08. The number of para-hydroxylation sites is 4. The average molecular weight is 769 g/mol. The van der Waals surface area contributed by atoms with Gasteiger partial charge in [-0.25, -0.2) is 4.79 Å². The summed E-state index contributed by atoms with van der Waals surface area (Å²) in [5, 5.41) is 0. The smallest absolute Gasteiger partial charge is 0.497 e. The number of carbonyl (C=O) groups excluding carboxylic acids is 2. The average Bonchev–Trinajstić information content (AvgIpc) is 3.26. The molecule has 0 atom stereocenters. The van der Waals surface area contributed by atoms with Gasteiger partial charge in [-0.05, 0) is 68.0 Å². The van der Waals surface area contributed by atoms with Crippen LogP contribution in [0.25, 0.3) is 0 Å². The molecule has 4 aromatic rings. The molecule has 0 fully saturated rings. The summed E-state index contributed by atoms with van der Waals surface area (Å²) < 4.78 is 33.6. The molecule has 0 spiro atoms.